The van der Waals surface area contributed by atoms with E-state index in [9.17, 15) is 0 Å². The average molecular weight is 378 g/mol. The quantitative estimate of drug-likeness (QED) is 0.555. The zero-order chi connectivity index (χ0) is 19.8. The third-order valence-electron chi connectivity index (χ3n) is 4.43. The summed E-state index contributed by atoms with van der Waals surface area (Å²) in [5.41, 5.74) is 3.37. The molecule has 28 heavy (non-hydrogen) atoms. The molecule has 0 unspecified atom stereocenters. The summed E-state index contributed by atoms with van der Waals surface area (Å²) in [6.45, 7) is 2.10. The van der Waals surface area contributed by atoms with Gasteiger partial charge in [0.15, 0.2) is 11.5 Å². The molecule has 0 bridgehead atoms. The summed E-state index contributed by atoms with van der Waals surface area (Å²) >= 11 is 0. The Morgan fingerprint density at radius 1 is 0.857 bits per heavy atom. The number of rotatable bonds is 9. The fraction of sp³-hybridized carbons (Fsp3) is 0.261. The van der Waals surface area contributed by atoms with E-state index < -0.39 is 0 Å². The van der Waals surface area contributed by atoms with Crippen molar-refractivity contribution in [3.05, 3.63) is 83.7 Å². The van der Waals surface area contributed by atoms with Gasteiger partial charge in [-0.1, -0.05) is 30.3 Å². The van der Waals surface area contributed by atoms with Gasteiger partial charge in [-0.2, -0.15) is 0 Å². The normalized spacial score (nSPS) is 10.7. The molecule has 2 aromatic carbocycles. The highest BCUT2D eigenvalue weighted by atomic mass is 16.5. The van der Waals surface area contributed by atoms with Gasteiger partial charge in [-0.25, -0.2) is 0 Å². The molecule has 1 heterocycles. The summed E-state index contributed by atoms with van der Waals surface area (Å²) < 4.78 is 16.7. The predicted molar refractivity (Wildman–Crippen MR) is 110 cm³/mol. The van der Waals surface area contributed by atoms with Crippen molar-refractivity contribution < 1.29 is 14.2 Å². The van der Waals surface area contributed by atoms with Gasteiger partial charge in [-0.15, -0.1) is 0 Å². The van der Waals surface area contributed by atoms with Crippen LogP contribution in [0.5, 0.6) is 17.2 Å². The first kappa shape index (κ1) is 19.7. The maximum Gasteiger partial charge on any atom is 0.165 e. The number of hydrogen-bond donors (Lipinski definition) is 0. The Morgan fingerprint density at radius 3 is 2.36 bits per heavy atom. The molecule has 0 spiro atoms. The van der Waals surface area contributed by atoms with Crippen molar-refractivity contribution in [2.75, 3.05) is 21.3 Å². The van der Waals surface area contributed by atoms with Crippen molar-refractivity contribution >= 4 is 0 Å². The highest BCUT2D eigenvalue weighted by molar-refractivity contribution is 5.46. The predicted octanol–water partition coefficient (Wildman–Crippen LogP) is 4.31. The van der Waals surface area contributed by atoms with Gasteiger partial charge in [-0.3, -0.25) is 9.88 Å². The Balaban J connectivity index is 1.56. The third-order valence-corrected chi connectivity index (χ3v) is 4.43. The minimum absolute atomic E-state index is 0.517. The number of ether oxygens (including phenoxy) is 3. The van der Waals surface area contributed by atoms with Crippen molar-refractivity contribution in [3.63, 3.8) is 0 Å². The summed E-state index contributed by atoms with van der Waals surface area (Å²) in [4.78, 5) is 6.34. The molecule has 146 valence electrons. The van der Waals surface area contributed by atoms with Crippen LogP contribution >= 0.6 is 0 Å². The van der Waals surface area contributed by atoms with Crippen LogP contribution in [0.25, 0.3) is 0 Å². The third kappa shape index (κ3) is 5.24. The molecule has 0 saturated heterocycles. The van der Waals surface area contributed by atoms with Crippen molar-refractivity contribution in [1.82, 2.24) is 9.88 Å². The Hall–Kier alpha value is -3.05. The first-order chi connectivity index (χ1) is 13.7. The smallest absolute Gasteiger partial charge is 0.165 e. The van der Waals surface area contributed by atoms with E-state index in [0.29, 0.717) is 6.61 Å². The van der Waals surface area contributed by atoms with Crippen molar-refractivity contribution in [2.45, 2.75) is 19.7 Å². The van der Waals surface area contributed by atoms with E-state index in [0.717, 1.165) is 41.5 Å². The Labute approximate surface area is 166 Å². The number of benzene rings is 2. The topological polar surface area (TPSA) is 43.8 Å². The molecule has 0 radical (unpaired) electrons. The van der Waals surface area contributed by atoms with Gasteiger partial charge in [0.1, 0.15) is 12.4 Å². The van der Waals surface area contributed by atoms with Crippen LogP contribution in [0.3, 0.4) is 0 Å². The average Bonchev–Trinajstić information content (AvgIpc) is 2.73. The molecule has 0 fully saturated rings. The molecule has 0 aliphatic rings. The second-order valence-corrected chi connectivity index (χ2v) is 6.62. The van der Waals surface area contributed by atoms with Crippen LogP contribution in [0.1, 0.15) is 16.7 Å². The fourth-order valence-electron chi connectivity index (χ4n) is 3.08. The van der Waals surface area contributed by atoms with Gasteiger partial charge in [-0.05, 0) is 36.9 Å². The van der Waals surface area contributed by atoms with Crippen LogP contribution in [-0.2, 0) is 19.7 Å². The van der Waals surface area contributed by atoms with Crippen molar-refractivity contribution in [2.24, 2.45) is 0 Å². The second kappa shape index (κ2) is 9.76. The number of nitrogens with zero attached hydrogens (tertiary/aromatic N) is 2. The summed E-state index contributed by atoms with van der Waals surface area (Å²) in [5, 5.41) is 0. The Kier molecular flexibility index (Phi) is 6.87. The summed E-state index contributed by atoms with van der Waals surface area (Å²) in [7, 11) is 5.42. The molecule has 0 atom stereocenters. The SMILES string of the molecule is COc1cccc(CN(C)Cc2ccc(OCc3cccnc3)cc2)c1OC. The molecule has 5 heteroatoms. The zero-order valence-corrected chi connectivity index (χ0v) is 16.6. The van der Waals surface area contributed by atoms with E-state index in [-0.39, 0.29) is 0 Å². The minimum atomic E-state index is 0.517. The molecule has 3 aromatic rings. The molecule has 5 nitrogen and oxygen atoms in total. The fourth-order valence-corrected chi connectivity index (χ4v) is 3.08. The van der Waals surface area contributed by atoms with Gasteiger partial charge in [0.2, 0.25) is 0 Å². The van der Waals surface area contributed by atoms with E-state index in [1.807, 2.05) is 42.6 Å². The largest absolute Gasteiger partial charge is 0.493 e. The summed E-state index contributed by atoms with van der Waals surface area (Å²) in [5.74, 6) is 2.39. The molecule has 0 amide bonds. The first-order valence-electron chi connectivity index (χ1n) is 9.18. The Bertz CT molecular complexity index is 867. The minimum Gasteiger partial charge on any atom is -0.493 e. The second-order valence-electron chi connectivity index (χ2n) is 6.62. The lowest BCUT2D eigenvalue weighted by atomic mass is 10.1. The van der Waals surface area contributed by atoms with Gasteiger partial charge < -0.3 is 14.2 Å². The molecule has 0 aliphatic heterocycles. The van der Waals surface area contributed by atoms with Gasteiger partial charge >= 0.3 is 0 Å². The lowest BCUT2D eigenvalue weighted by Gasteiger charge is -2.20. The maximum absolute atomic E-state index is 5.82. The number of hydrogen-bond acceptors (Lipinski definition) is 5. The van der Waals surface area contributed by atoms with Crippen LogP contribution in [-0.4, -0.2) is 31.2 Å². The summed E-state index contributed by atoms with van der Waals surface area (Å²) in [6, 6.07) is 18.1. The number of aromatic nitrogens is 1. The molecule has 1 aromatic heterocycles. The van der Waals surface area contributed by atoms with Gasteiger partial charge in [0.05, 0.1) is 14.2 Å². The molecule has 3 rings (SSSR count). The van der Waals surface area contributed by atoms with Crippen LogP contribution in [0.15, 0.2) is 67.0 Å². The summed E-state index contributed by atoms with van der Waals surface area (Å²) in [6.07, 6.45) is 3.58. The van der Waals surface area contributed by atoms with E-state index in [2.05, 4.69) is 35.1 Å². The van der Waals surface area contributed by atoms with Crippen LogP contribution in [0.4, 0.5) is 0 Å². The number of para-hydroxylation sites is 1. The lowest BCUT2D eigenvalue weighted by Crippen LogP contribution is -2.17. The molecule has 0 saturated carbocycles. The van der Waals surface area contributed by atoms with Crippen molar-refractivity contribution in [3.8, 4) is 17.2 Å². The van der Waals surface area contributed by atoms with Crippen LogP contribution in [0, 0.1) is 0 Å². The van der Waals surface area contributed by atoms with Gasteiger partial charge in [0, 0.05) is 36.6 Å². The molecular weight excluding hydrogens is 352 g/mol. The van der Waals surface area contributed by atoms with E-state index in [4.69, 9.17) is 14.2 Å². The van der Waals surface area contributed by atoms with E-state index in [1.54, 1.807) is 20.4 Å². The van der Waals surface area contributed by atoms with E-state index >= 15 is 0 Å². The van der Waals surface area contributed by atoms with Gasteiger partial charge in [0.25, 0.3) is 0 Å². The number of methoxy groups -OCH3 is 2. The highest BCUT2D eigenvalue weighted by Crippen LogP contribution is 2.31. The highest BCUT2D eigenvalue weighted by Gasteiger charge is 2.11. The van der Waals surface area contributed by atoms with Crippen molar-refractivity contribution in [1.29, 1.82) is 0 Å². The monoisotopic (exact) mass is 378 g/mol. The molecule has 0 N–H and O–H groups in total. The first-order valence-corrected chi connectivity index (χ1v) is 9.18. The Morgan fingerprint density at radius 2 is 1.68 bits per heavy atom. The zero-order valence-electron chi connectivity index (χ0n) is 16.6. The lowest BCUT2D eigenvalue weighted by molar-refractivity contribution is 0.300. The van der Waals surface area contributed by atoms with Crippen LogP contribution in [0.2, 0.25) is 0 Å². The molecular formula is C23H26N2O3. The molecule has 0 aliphatic carbocycles. The maximum atomic E-state index is 5.82. The van der Waals surface area contributed by atoms with E-state index in [1.165, 1.54) is 5.56 Å². The van der Waals surface area contributed by atoms with Crippen LogP contribution < -0.4 is 14.2 Å². The number of pyridine rings is 1. The standard InChI is InChI=1S/C23H26N2O3/c1-25(16-20-7-4-8-22(26-2)23(20)27-3)15-18-9-11-21(12-10-18)28-17-19-6-5-13-24-14-19/h4-14H,15-17H2,1-3H3.